The summed E-state index contributed by atoms with van der Waals surface area (Å²) >= 11 is 7.72. The van der Waals surface area contributed by atoms with Gasteiger partial charge < -0.3 is 15.5 Å². The van der Waals surface area contributed by atoms with E-state index in [2.05, 4.69) is 57.1 Å². The summed E-state index contributed by atoms with van der Waals surface area (Å²) in [5, 5.41) is 20.4. The first kappa shape index (κ1) is 32.5. The summed E-state index contributed by atoms with van der Waals surface area (Å²) in [6.45, 7) is 0.865. The van der Waals surface area contributed by atoms with Crippen molar-refractivity contribution in [2.45, 2.75) is 18.3 Å². The van der Waals surface area contributed by atoms with E-state index in [1.54, 1.807) is 17.7 Å². The fourth-order valence-corrected chi connectivity index (χ4v) is 4.18. The molecule has 0 saturated carbocycles. The molecular formula is C25H20ClF6N3O4S. The molecule has 3 N–H and O–H groups in total. The van der Waals surface area contributed by atoms with Crippen LogP contribution in [0.2, 0.25) is 5.02 Å². The van der Waals surface area contributed by atoms with Gasteiger partial charge in [0.25, 0.3) is 0 Å². The van der Waals surface area contributed by atoms with E-state index in [0.29, 0.717) is 0 Å². The first-order valence-electron chi connectivity index (χ1n) is 10.9. The van der Waals surface area contributed by atoms with E-state index < -0.39 is 24.3 Å². The molecule has 2 heterocycles. The number of alkyl halides is 6. The highest BCUT2D eigenvalue weighted by Gasteiger charge is 2.38. The summed E-state index contributed by atoms with van der Waals surface area (Å²) in [6, 6.07) is 18.8. The van der Waals surface area contributed by atoms with Gasteiger partial charge in [0.15, 0.2) is 0 Å². The predicted octanol–water partition coefficient (Wildman–Crippen LogP) is 6.63. The minimum atomic E-state index is -5.08. The number of carboxylic acids is 2. The zero-order valence-corrected chi connectivity index (χ0v) is 21.9. The molecule has 15 heteroatoms. The number of hydrogen-bond donors (Lipinski definition) is 3. The van der Waals surface area contributed by atoms with Crippen LogP contribution in [0, 0.1) is 0 Å². The molecule has 0 aliphatic heterocycles. The van der Waals surface area contributed by atoms with Gasteiger partial charge >= 0.3 is 24.3 Å². The van der Waals surface area contributed by atoms with Gasteiger partial charge in [-0.15, -0.1) is 11.3 Å². The zero-order chi connectivity index (χ0) is 30.1. The lowest BCUT2D eigenvalue weighted by molar-refractivity contribution is -0.193. The molecule has 1 unspecified atom stereocenters. The van der Waals surface area contributed by atoms with Gasteiger partial charge in [0.1, 0.15) is 6.33 Å². The Hall–Kier alpha value is -3.75. The van der Waals surface area contributed by atoms with Crippen LogP contribution in [0.25, 0.3) is 21.5 Å². The average Bonchev–Trinajstić information content (AvgIpc) is 3.37. The summed E-state index contributed by atoms with van der Waals surface area (Å²) in [5.74, 6) is -5.24. The monoisotopic (exact) mass is 607 g/mol. The van der Waals surface area contributed by atoms with E-state index in [1.165, 1.54) is 11.1 Å². The number of carboxylic acid groups (broad SMARTS) is 2. The molecule has 4 rings (SSSR count). The van der Waals surface area contributed by atoms with E-state index in [9.17, 15) is 26.3 Å². The summed E-state index contributed by atoms with van der Waals surface area (Å²) < 4.78 is 64.6. The molecule has 1 atom stereocenters. The van der Waals surface area contributed by atoms with Crippen molar-refractivity contribution in [2.75, 3.05) is 13.6 Å². The number of fused-ring (bicyclic) bond motifs is 1. The standard InChI is InChI=1S/C21H18ClN3S.2C2HF3O2/c1-23-12-18(15-6-8-17(22)9-7-15)14-2-4-16(5-3-14)20-21-19(10-11-26-21)24-13-25-20;2*3-2(4,5)1(6)7/h2-11,13,18,23H,12H2,1H3;2*(H,6,7). The molecule has 7 nitrogen and oxygen atoms in total. The average molecular weight is 608 g/mol. The zero-order valence-electron chi connectivity index (χ0n) is 20.3. The first-order valence-corrected chi connectivity index (χ1v) is 12.2. The number of rotatable bonds is 5. The number of nitrogens with one attached hydrogen (secondary N) is 1. The summed E-state index contributed by atoms with van der Waals surface area (Å²) in [4.78, 5) is 26.6. The van der Waals surface area contributed by atoms with E-state index >= 15 is 0 Å². The van der Waals surface area contributed by atoms with E-state index in [4.69, 9.17) is 31.4 Å². The number of halogens is 7. The smallest absolute Gasteiger partial charge is 0.475 e. The van der Waals surface area contributed by atoms with Crippen molar-refractivity contribution in [1.82, 2.24) is 15.3 Å². The maximum Gasteiger partial charge on any atom is 0.490 e. The van der Waals surface area contributed by atoms with Crippen molar-refractivity contribution >= 4 is 45.1 Å². The minimum absolute atomic E-state index is 0.276. The molecule has 214 valence electrons. The molecule has 4 aromatic rings. The Labute approximate surface area is 232 Å². The molecule has 0 radical (unpaired) electrons. The summed E-state index contributed by atoms with van der Waals surface area (Å²) in [5.41, 5.74) is 5.62. The largest absolute Gasteiger partial charge is 0.490 e. The van der Waals surface area contributed by atoms with Crippen LogP contribution in [0.3, 0.4) is 0 Å². The summed E-state index contributed by atoms with van der Waals surface area (Å²) in [6.07, 6.45) is -8.53. The van der Waals surface area contributed by atoms with Crippen molar-refractivity contribution < 1.29 is 46.1 Å². The number of hydrogen-bond acceptors (Lipinski definition) is 6. The maximum absolute atomic E-state index is 10.6. The highest BCUT2D eigenvalue weighted by Crippen LogP contribution is 2.31. The molecule has 0 amide bonds. The SMILES string of the molecule is CNCC(c1ccc(Cl)cc1)c1ccc(-c2ncnc3ccsc23)cc1.O=C(O)C(F)(F)F.O=C(O)C(F)(F)F. The second-order valence-corrected chi connectivity index (χ2v) is 9.10. The van der Waals surface area contributed by atoms with E-state index in [-0.39, 0.29) is 5.92 Å². The Morgan fingerprint density at radius 1 is 0.875 bits per heavy atom. The minimum Gasteiger partial charge on any atom is -0.475 e. The lowest BCUT2D eigenvalue weighted by Crippen LogP contribution is -2.21. The second-order valence-electron chi connectivity index (χ2n) is 7.75. The van der Waals surface area contributed by atoms with Crippen LogP contribution in [-0.2, 0) is 9.59 Å². The quantitative estimate of drug-likeness (QED) is 0.218. The lowest BCUT2D eigenvalue weighted by atomic mass is 9.90. The third kappa shape index (κ3) is 9.47. The van der Waals surface area contributed by atoms with Crippen LogP contribution in [0.1, 0.15) is 17.0 Å². The molecule has 0 bridgehead atoms. The van der Waals surface area contributed by atoms with Crippen LogP contribution in [0.4, 0.5) is 26.3 Å². The third-order valence-electron chi connectivity index (χ3n) is 5.00. The number of nitrogens with zero attached hydrogens (tertiary/aromatic N) is 2. The molecule has 0 spiro atoms. The fraction of sp³-hybridized carbons (Fsp3) is 0.200. The molecule has 2 aromatic heterocycles. The van der Waals surface area contributed by atoms with Gasteiger partial charge in [0.05, 0.1) is 15.9 Å². The number of benzene rings is 2. The molecule has 0 aliphatic carbocycles. The molecule has 0 saturated heterocycles. The number of aliphatic carboxylic acids is 2. The molecule has 0 aliphatic rings. The van der Waals surface area contributed by atoms with Gasteiger partial charge in [0, 0.05) is 23.0 Å². The van der Waals surface area contributed by atoms with Gasteiger partial charge in [-0.05, 0) is 41.8 Å². The first-order chi connectivity index (χ1) is 18.6. The lowest BCUT2D eigenvalue weighted by Gasteiger charge is -2.18. The third-order valence-corrected chi connectivity index (χ3v) is 6.16. The molecular weight excluding hydrogens is 588 g/mol. The van der Waals surface area contributed by atoms with Gasteiger partial charge in [-0.25, -0.2) is 19.6 Å². The second kappa shape index (κ2) is 14.1. The van der Waals surface area contributed by atoms with Crippen LogP contribution >= 0.6 is 22.9 Å². The van der Waals surface area contributed by atoms with Crippen LogP contribution < -0.4 is 5.32 Å². The predicted molar refractivity (Wildman–Crippen MR) is 137 cm³/mol. The van der Waals surface area contributed by atoms with Crippen molar-refractivity contribution in [1.29, 1.82) is 0 Å². The Morgan fingerprint density at radius 2 is 1.35 bits per heavy atom. The van der Waals surface area contributed by atoms with Crippen LogP contribution in [0.15, 0.2) is 66.3 Å². The Kier molecular flexibility index (Phi) is 11.4. The number of likely N-dealkylation sites (N-methyl/N-ethyl adjacent to an activating group) is 1. The molecule has 2 aromatic carbocycles. The summed E-state index contributed by atoms with van der Waals surface area (Å²) in [7, 11) is 1.98. The topological polar surface area (TPSA) is 112 Å². The van der Waals surface area contributed by atoms with Gasteiger partial charge in [-0.3, -0.25) is 0 Å². The Bertz CT molecular complexity index is 1390. The van der Waals surface area contributed by atoms with Gasteiger partial charge in [0.2, 0.25) is 0 Å². The van der Waals surface area contributed by atoms with Gasteiger partial charge in [-0.1, -0.05) is 48.0 Å². The van der Waals surface area contributed by atoms with Gasteiger partial charge in [-0.2, -0.15) is 26.3 Å². The van der Waals surface area contributed by atoms with Crippen LogP contribution in [-0.4, -0.2) is 58.1 Å². The highest BCUT2D eigenvalue weighted by atomic mass is 35.5. The number of aromatic nitrogens is 2. The van der Waals surface area contributed by atoms with Crippen molar-refractivity contribution in [3.63, 3.8) is 0 Å². The molecule has 40 heavy (non-hydrogen) atoms. The van der Waals surface area contributed by atoms with E-state index in [1.807, 2.05) is 25.2 Å². The van der Waals surface area contributed by atoms with Crippen molar-refractivity contribution in [3.05, 3.63) is 82.5 Å². The number of thiophene rings is 1. The fourth-order valence-electron chi connectivity index (χ4n) is 3.20. The molecule has 0 fully saturated rings. The van der Waals surface area contributed by atoms with Crippen molar-refractivity contribution in [3.8, 4) is 11.3 Å². The maximum atomic E-state index is 10.6. The van der Waals surface area contributed by atoms with Crippen LogP contribution in [0.5, 0.6) is 0 Å². The highest BCUT2D eigenvalue weighted by molar-refractivity contribution is 7.17. The normalized spacial score (nSPS) is 12.0. The number of carbonyl (C=O) groups is 2. The Morgan fingerprint density at radius 3 is 1.80 bits per heavy atom. The van der Waals surface area contributed by atoms with Crippen molar-refractivity contribution in [2.24, 2.45) is 0 Å². The van der Waals surface area contributed by atoms with E-state index in [0.717, 1.165) is 33.0 Å². The Balaban J connectivity index is 0.000000333.